The number of nitrogens with one attached hydrogen (secondary N) is 1. The number of benzene rings is 5. The molecule has 38 heavy (non-hydrogen) atoms. The van der Waals surface area contributed by atoms with E-state index in [2.05, 4.69) is 142 Å². The molecule has 0 aliphatic heterocycles. The van der Waals surface area contributed by atoms with Gasteiger partial charge in [-0.25, -0.2) is 4.98 Å². The third-order valence-corrected chi connectivity index (χ3v) is 6.88. The summed E-state index contributed by atoms with van der Waals surface area (Å²) in [5, 5.41) is 3.63. The topological polar surface area (TPSA) is 29.9 Å². The second-order valence-electron chi connectivity index (χ2n) is 9.42. The van der Waals surface area contributed by atoms with E-state index in [-0.39, 0.29) is 0 Å². The third-order valence-electron chi connectivity index (χ3n) is 6.88. The van der Waals surface area contributed by atoms with Crippen LogP contribution < -0.4 is 5.32 Å². The number of hydrogen-bond donors (Lipinski definition) is 1. The van der Waals surface area contributed by atoms with Crippen LogP contribution in [0.15, 0.2) is 146 Å². The van der Waals surface area contributed by atoms with Crippen molar-refractivity contribution in [1.29, 1.82) is 0 Å². The van der Waals surface area contributed by atoms with E-state index in [1.54, 1.807) is 0 Å². The number of imidazole rings is 1. The molecule has 0 fully saturated rings. The molecule has 0 aliphatic rings. The van der Waals surface area contributed by atoms with Crippen LogP contribution in [0.3, 0.4) is 0 Å². The first kappa shape index (κ1) is 23.5. The van der Waals surface area contributed by atoms with E-state index in [0.717, 1.165) is 17.9 Å². The molecule has 0 spiro atoms. The van der Waals surface area contributed by atoms with E-state index in [1.807, 2.05) is 18.6 Å². The van der Waals surface area contributed by atoms with Crippen molar-refractivity contribution in [3.8, 4) is 33.4 Å². The molecule has 1 aromatic heterocycles. The van der Waals surface area contributed by atoms with Crippen molar-refractivity contribution in [2.75, 3.05) is 5.32 Å². The van der Waals surface area contributed by atoms with Crippen LogP contribution in [0.25, 0.3) is 33.4 Å². The second-order valence-corrected chi connectivity index (χ2v) is 9.42. The molecule has 0 aliphatic carbocycles. The molecular formula is C35H29N3. The van der Waals surface area contributed by atoms with E-state index >= 15 is 0 Å². The zero-order chi connectivity index (χ0) is 25.6. The van der Waals surface area contributed by atoms with Gasteiger partial charge in [0.15, 0.2) is 0 Å². The smallest absolute Gasteiger partial charge is 0.0951 e. The molecule has 1 N–H and O–H groups in total. The fourth-order valence-corrected chi connectivity index (χ4v) is 4.84. The summed E-state index contributed by atoms with van der Waals surface area (Å²) >= 11 is 0. The molecule has 0 unspecified atom stereocenters. The second kappa shape index (κ2) is 11.0. The monoisotopic (exact) mass is 491 g/mol. The number of nitrogens with zero attached hydrogens (tertiary/aromatic N) is 2. The van der Waals surface area contributed by atoms with Crippen molar-refractivity contribution in [3.63, 3.8) is 0 Å². The Morgan fingerprint density at radius 3 is 1.79 bits per heavy atom. The number of hydrogen-bond acceptors (Lipinski definition) is 2. The molecule has 1 heterocycles. The summed E-state index contributed by atoms with van der Waals surface area (Å²) in [4.78, 5) is 4.44. The summed E-state index contributed by atoms with van der Waals surface area (Å²) < 4.78 is 2.21. The van der Waals surface area contributed by atoms with Crippen LogP contribution in [-0.2, 0) is 13.1 Å². The molecule has 3 nitrogen and oxygen atoms in total. The summed E-state index contributed by atoms with van der Waals surface area (Å²) in [5.74, 6) is 0. The molecular weight excluding hydrogens is 462 g/mol. The van der Waals surface area contributed by atoms with Gasteiger partial charge in [-0.1, -0.05) is 121 Å². The first-order chi connectivity index (χ1) is 18.8. The highest BCUT2D eigenvalue weighted by molar-refractivity contribution is 5.85. The van der Waals surface area contributed by atoms with Gasteiger partial charge in [-0.05, 0) is 51.1 Å². The minimum atomic E-state index is 0.695. The first-order valence-corrected chi connectivity index (χ1v) is 13.0. The zero-order valence-electron chi connectivity index (χ0n) is 21.2. The van der Waals surface area contributed by atoms with Crippen LogP contribution in [0.2, 0.25) is 0 Å². The molecule has 0 radical (unpaired) electrons. The van der Waals surface area contributed by atoms with Gasteiger partial charge in [0.25, 0.3) is 0 Å². The van der Waals surface area contributed by atoms with Gasteiger partial charge in [-0.3, -0.25) is 0 Å². The molecule has 6 aromatic rings. The van der Waals surface area contributed by atoms with Crippen LogP contribution in [0.1, 0.15) is 11.3 Å². The summed E-state index contributed by atoms with van der Waals surface area (Å²) in [6.07, 6.45) is 3.86. The number of anilines is 1. The number of aromatic nitrogens is 2. The summed E-state index contributed by atoms with van der Waals surface area (Å²) in [6, 6.07) is 47.1. The normalized spacial score (nSPS) is 10.8. The van der Waals surface area contributed by atoms with Gasteiger partial charge in [0, 0.05) is 18.4 Å². The quantitative estimate of drug-likeness (QED) is 0.231. The summed E-state index contributed by atoms with van der Waals surface area (Å²) in [6.45, 7) is 1.48. The minimum absolute atomic E-state index is 0.695. The Labute approximate surface area is 224 Å². The highest BCUT2D eigenvalue weighted by Gasteiger charge is 2.10. The largest absolute Gasteiger partial charge is 0.379 e. The minimum Gasteiger partial charge on any atom is -0.379 e. The van der Waals surface area contributed by atoms with E-state index in [1.165, 1.54) is 38.9 Å². The lowest BCUT2D eigenvalue weighted by Crippen LogP contribution is -2.08. The fraction of sp³-hybridized carbons (Fsp3) is 0.0571. The molecule has 0 saturated carbocycles. The average molecular weight is 492 g/mol. The fourth-order valence-electron chi connectivity index (χ4n) is 4.84. The van der Waals surface area contributed by atoms with Gasteiger partial charge < -0.3 is 9.88 Å². The molecule has 0 amide bonds. The first-order valence-electron chi connectivity index (χ1n) is 13.0. The molecule has 3 heteroatoms. The highest BCUT2D eigenvalue weighted by Crippen LogP contribution is 2.34. The lowest BCUT2D eigenvalue weighted by molar-refractivity contribution is 0.749. The predicted octanol–water partition coefficient (Wildman–Crippen LogP) is 8.54. The van der Waals surface area contributed by atoms with E-state index in [0.29, 0.717) is 6.54 Å². The van der Waals surface area contributed by atoms with Crippen molar-refractivity contribution < 1.29 is 0 Å². The summed E-state index contributed by atoms with van der Waals surface area (Å²) in [7, 11) is 0. The van der Waals surface area contributed by atoms with Crippen molar-refractivity contribution in [2.45, 2.75) is 13.1 Å². The Kier molecular flexibility index (Phi) is 6.82. The molecule has 5 aromatic carbocycles. The van der Waals surface area contributed by atoms with Crippen molar-refractivity contribution in [1.82, 2.24) is 9.55 Å². The van der Waals surface area contributed by atoms with Crippen molar-refractivity contribution in [3.05, 3.63) is 157 Å². The van der Waals surface area contributed by atoms with Crippen molar-refractivity contribution >= 4 is 5.69 Å². The van der Waals surface area contributed by atoms with Gasteiger partial charge in [0.05, 0.1) is 18.6 Å². The van der Waals surface area contributed by atoms with Gasteiger partial charge in [-0.15, -0.1) is 0 Å². The predicted molar refractivity (Wildman–Crippen MR) is 158 cm³/mol. The Morgan fingerprint density at radius 2 is 1.13 bits per heavy atom. The molecule has 6 rings (SSSR count). The van der Waals surface area contributed by atoms with Gasteiger partial charge in [0.1, 0.15) is 0 Å². The lowest BCUT2D eigenvalue weighted by atomic mass is 9.94. The Balaban J connectivity index is 1.20. The third kappa shape index (κ3) is 5.28. The standard InChI is InChI=1S/C35H29N3/c1-4-10-28(11-5-1)29-18-16-27(17-19-29)25-38-26-36-23-33(38)24-37-32-20-21-34(30-12-6-2-7-13-30)35(22-32)31-14-8-3-9-15-31/h1-23,26,37H,24-25H2. The molecule has 0 atom stereocenters. The van der Waals surface area contributed by atoms with Crippen LogP contribution in [0.5, 0.6) is 0 Å². The lowest BCUT2D eigenvalue weighted by Gasteiger charge is -2.15. The number of rotatable bonds is 8. The van der Waals surface area contributed by atoms with Crippen LogP contribution in [0.4, 0.5) is 5.69 Å². The highest BCUT2D eigenvalue weighted by atomic mass is 15.1. The van der Waals surface area contributed by atoms with E-state index in [9.17, 15) is 0 Å². The maximum atomic E-state index is 4.44. The van der Waals surface area contributed by atoms with Gasteiger partial charge in [0.2, 0.25) is 0 Å². The van der Waals surface area contributed by atoms with Gasteiger partial charge >= 0.3 is 0 Å². The summed E-state index contributed by atoms with van der Waals surface area (Å²) in [5.41, 5.74) is 10.8. The maximum Gasteiger partial charge on any atom is 0.0951 e. The van der Waals surface area contributed by atoms with Crippen LogP contribution in [-0.4, -0.2) is 9.55 Å². The van der Waals surface area contributed by atoms with E-state index in [4.69, 9.17) is 0 Å². The van der Waals surface area contributed by atoms with Crippen molar-refractivity contribution in [2.24, 2.45) is 0 Å². The molecule has 0 saturated heterocycles. The van der Waals surface area contributed by atoms with Gasteiger partial charge in [-0.2, -0.15) is 0 Å². The SMILES string of the molecule is c1ccc(-c2ccc(Cn3cncc3CNc3ccc(-c4ccccc4)c(-c4ccccc4)c3)cc2)cc1. The maximum absolute atomic E-state index is 4.44. The average Bonchev–Trinajstić information content (AvgIpc) is 3.44. The molecule has 184 valence electrons. The Hall–Kier alpha value is -4.89. The van der Waals surface area contributed by atoms with Crippen LogP contribution in [0, 0.1) is 0 Å². The zero-order valence-corrected chi connectivity index (χ0v) is 21.2. The van der Waals surface area contributed by atoms with Crippen LogP contribution >= 0.6 is 0 Å². The Morgan fingerprint density at radius 1 is 0.553 bits per heavy atom. The molecule has 0 bridgehead atoms. The van der Waals surface area contributed by atoms with E-state index < -0.39 is 0 Å². The Bertz CT molecular complexity index is 1600.